The number of carboxylic acids is 1. The first-order valence-electron chi connectivity index (χ1n) is 6.53. The lowest BCUT2D eigenvalue weighted by molar-refractivity contribution is -0.131. The quantitative estimate of drug-likeness (QED) is 0.821. The zero-order chi connectivity index (χ0) is 14.6. The van der Waals surface area contributed by atoms with Crippen molar-refractivity contribution in [2.24, 2.45) is 0 Å². The second kappa shape index (κ2) is 5.91. The van der Waals surface area contributed by atoms with Gasteiger partial charge in [0, 0.05) is 24.4 Å². The molecule has 0 aliphatic rings. The summed E-state index contributed by atoms with van der Waals surface area (Å²) >= 11 is 0. The number of anilines is 1. The van der Waals surface area contributed by atoms with Gasteiger partial charge in [0.1, 0.15) is 0 Å². The number of aliphatic carboxylic acids is 1. The minimum absolute atomic E-state index is 0.100. The van der Waals surface area contributed by atoms with Gasteiger partial charge in [-0.15, -0.1) is 0 Å². The van der Waals surface area contributed by atoms with Gasteiger partial charge in [-0.3, -0.25) is 0 Å². The molecule has 0 radical (unpaired) electrons. The highest BCUT2D eigenvalue weighted by molar-refractivity contribution is 5.85. The fraction of sp³-hybridized carbons (Fsp3) is 0.438. The van der Waals surface area contributed by atoms with E-state index in [1.54, 1.807) is 6.08 Å². The summed E-state index contributed by atoms with van der Waals surface area (Å²) in [5.41, 5.74) is 3.34. The average Bonchev–Trinajstić information content (AvgIpc) is 2.35. The van der Waals surface area contributed by atoms with E-state index in [4.69, 9.17) is 5.11 Å². The molecule has 0 aliphatic carbocycles. The van der Waals surface area contributed by atoms with Crippen LogP contribution in [0.4, 0.5) is 5.69 Å². The minimum Gasteiger partial charge on any atom is -0.478 e. The summed E-state index contributed by atoms with van der Waals surface area (Å²) in [5.74, 6) is -0.925. The maximum absolute atomic E-state index is 10.5. The summed E-state index contributed by atoms with van der Waals surface area (Å²) in [7, 11) is 2.10. The molecule has 3 nitrogen and oxygen atoms in total. The molecule has 1 aromatic carbocycles. The van der Waals surface area contributed by atoms with E-state index >= 15 is 0 Å². The van der Waals surface area contributed by atoms with Crippen LogP contribution in [-0.4, -0.2) is 23.7 Å². The summed E-state index contributed by atoms with van der Waals surface area (Å²) < 4.78 is 0. The van der Waals surface area contributed by atoms with Crippen LogP contribution in [-0.2, 0) is 4.79 Å². The van der Waals surface area contributed by atoms with E-state index in [-0.39, 0.29) is 5.54 Å². The van der Waals surface area contributed by atoms with E-state index in [1.165, 1.54) is 5.69 Å². The Balaban J connectivity index is 3.04. The Kier molecular flexibility index (Phi) is 4.76. The third-order valence-corrected chi connectivity index (χ3v) is 3.77. The number of carboxylic acid groups (broad SMARTS) is 1. The molecule has 0 bridgehead atoms. The van der Waals surface area contributed by atoms with E-state index in [1.807, 2.05) is 18.2 Å². The molecule has 104 valence electrons. The highest BCUT2D eigenvalue weighted by Crippen LogP contribution is 2.28. The predicted octanol–water partition coefficient (Wildman–Crippen LogP) is 3.72. The van der Waals surface area contributed by atoms with Crippen molar-refractivity contribution < 1.29 is 9.90 Å². The van der Waals surface area contributed by atoms with Gasteiger partial charge < -0.3 is 10.0 Å². The first kappa shape index (κ1) is 15.3. The molecule has 0 aromatic heterocycles. The van der Waals surface area contributed by atoms with Gasteiger partial charge in [-0.2, -0.15) is 0 Å². The maximum Gasteiger partial charge on any atom is 0.328 e. The second-order valence-electron chi connectivity index (χ2n) is 5.44. The highest BCUT2D eigenvalue weighted by atomic mass is 16.4. The van der Waals surface area contributed by atoms with Gasteiger partial charge in [0.15, 0.2) is 0 Å². The Morgan fingerprint density at radius 2 is 2.05 bits per heavy atom. The van der Waals surface area contributed by atoms with Gasteiger partial charge in [0.05, 0.1) is 0 Å². The van der Waals surface area contributed by atoms with Crippen molar-refractivity contribution in [1.82, 2.24) is 0 Å². The molecule has 19 heavy (non-hydrogen) atoms. The summed E-state index contributed by atoms with van der Waals surface area (Å²) in [5, 5.41) is 8.63. The Bertz CT molecular complexity index is 490. The molecule has 1 aromatic rings. The summed E-state index contributed by atoms with van der Waals surface area (Å²) in [6, 6.07) is 6.01. The van der Waals surface area contributed by atoms with Crippen LogP contribution in [0.3, 0.4) is 0 Å². The summed E-state index contributed by atoms with van der Waals surface area (Å²) in [6.07, 6.45) is 3.84. The van der Waals surface area contributed by atoms with Gasteiger partial charge in [-0.25, -0.2) is 4.79 Å². The van der Waals surface area contributed by atoms with Crippen molar-refractivity contribution in [3.8, 4) is 0 Å². The van der Waals surface area contributed by atoms with Crippen molar-refractivity contribution in [3.05, 3.63) is 35.4 Å². The summed E-state index contributed by atoms with van der Waals surface area (Å²) in [4.78, 5) is 12.8. The lowest BCUT2D eigenvalue weighted by atomic mass is 9.97. The van der Waals surface area contributed by atoms with Crippen LogP contribution in [0.15, 0.2) is 24.3 Å². The number of benzene rings is 1. The van der Waals surface area contributed by atoms with Crippen molar-refractivity contribution in [3.63, 3.8) is 0 Å². The highest BCUT2D eigenvalue weighted by Gasteiger charge is 2.22. The van der Waals surface area contributed by atoms with Crippen LogP contribution < -0.4 is 4.90 Å². The topological polar surface area (TPSA) is 40.5 Å². The molecule has 0 heterocycles. The molecule has 0 amide bonds. The van der Waals surface area contributed by atoms with E-state index in [0.29, 0.717) is 0 Å². The second-order valence-corrected chi connectivity index (χ2v) is 5.44. The van der Waals surface area contributed by atoms with Gasteiger partial charge >= 0.3 is 5.97 Å². The fourth-order valence-corrected chi connectivity index (χ4v) is 1.89. The van der Waals surface area contributed by atoms with Crippen LogP contribution in [0.1, 0.15) is 38.3 Å². The molecule has 0 spiro atoms. The fourth-order valence-electron chi connectivity index (χ4n) is 1.89. The average molecular weight is 261 g/mol. The number of aryl methyl sites for hydroxylation is 1. The maximum atomic E-state index is 10.5. The van der Waals surface area contributed by atoms with E-state index in [9.17, 15) is 4.79 Å². The van der Waals surface area contributed by atoms with Crippen molar-refractivity contribution >= 4 is 17.7 Å². The molecule has 1 N–H and O–H groups in total. The molecular formula is C16H23NO2. The van der Waals surface area contributed by atoms with E-state index in [0.717, 1.165) is 23.6 Å². The van der Waals surface area contributed by atoms with Gasteiger partial charge in [0.2, 0.25) is 0 Å². The molecule has 3 heteroatoms. The number of hydrogen-bond acceptors (Lipinski definition) is 2. The van der Waals surface area contributed by atoms with Crippen molar-refractivity contribution in [2.45, 2.75) is 39.7 Å². The number of rotatable bonds is 5. The van der Waals surface area contributed by atoms with Gasteiger partial charge in [-0.05, 0) is 56.5 Å². The van der Waals surface area contributed by atoms with Crippen LogP contribution in [0, 0.1) is 6.92 Å². The van der Waals surface area contributed by atoms with Crippen LogP contribution in [0.2, 0.25) is 0 Å². The normalized spacial score (nSPS) is 11.8. The number of carbonyl (C=O) groups is 1. The third kappa shape index (κ3) is 3.85. The predicted molar refractivity (Wildman–Crippen MR) is 80.6 cm³/mol. The molecule has 0 aliphatic heterocycles. The molecule has 1 rings (SSSR count). The molecule has 0 fully saturated rings. The Labute approximate surface area is 115 Å². The first-order valence-corrected chi connectivity index (χ1v) is 6.53. The zero-order valence-electron chi connectivity index (χ0n) is 12.4. The molecular weight excluding hydrogens is 238 g/mol. The zero-order valence-corrected chi connectivity index (χ0v) is 12.4. The molecule has 0 unspecified atom stereocenters. The standard InChI is InChI=1S/C16H23NO2/c1-6-16(3,4)17(5)14-9-7-13(11-12(14)2)8-10-15(18)19/h7-11H,6H2,1-5H3,(H,18,19). The molecule has 0 saturated carbocycles. The van der Waals surface area contributed by atoms with Crippen molar-refractivity contribution in [1.29, 1.82) is 0 Å². The smallest absolute Gasteiger partial charge is 0.328 e. The van der Waals surface area contributed by atoms with Crippen molar-refractivity contribution in [2.75, 3.05) is 11.9 Å². The van der Waals surface area contributed by atoms with Gasteiger partial charge in [-0.1, -0.05) is 13.0 Å². The van der Waals surface area contributed by atoms with E-state index in [2.05, 4.69) is 39.6 Å². The lowest BCUT2D eigenvalue weighted by Crippen LogP contribution is -2.40. The SMILES string of the molecule is CCC(C)(C)N(C)c1ccc(C=CC(=O)O)cc1C. The minimum atomic E-state index is -0.925. The van der Waals surface area contributed by atoms with Crippen LogP contribution >= 0.6 is 0 Å². The lowest BCUT2D eigenvalue weighted by Gasteiger charge is -2.37. The Morgan fingerprint density at radius 3 is 2.53 bits per heavy atom. The first-order chi connectivity index (χ1) is 8.77. The largest absolute Gasteiger partial charge is 0.478 e. The van der Waals surface area contributed by atoms with Gasteiger partial charge in [0.25, 0.3) is 0 Å². The number of hydrogen-bond donors (Lipinski definition) is 1. The molecule has 0 atom stereocenters. The molecule has 0 saturated heterocycles. The van der Waals surface area contributed by atoms with E-state index < -0.39 is 5.97 Å². The Hall–Kier alpha value is -1.77. The van der Waals surface area contributed by atoms with Crippen LogP contribution in [0.25, 0.3) is 6.08 Å². The number of nitrogens with zero attached hydrogens (tertiary/aromatic N) is 1. The monoisotopic (exact) mass is 261 g/mol. The summed E-state index contributed by atoms with van der Waals surface area (Å²) in [6.45, 7) is 8.65. The van der Waals surface area contributed by atoms with Crippen LogP contribution in [0.5, 0.6) is 0 Å². The Morgan fingerprint density at radius 1 is 1.42 bits per heavy atom. The third-order valence-electron chi connectivity index (χ3n) is 3.77.